The van der Waals surface area contributed by atoms with Crippen LogP contribution in [0.4, 0.5) is 4.39 Å². The Balaban J connectivity index is 1.76. The SMILES string of the molecule is CC(=O)c1nn(CC(=O)N(CC(=O)NCc2cccc(Cl)c2F)C(C)C)c2ccc(CC(=O)CC(C)(C)C)cc12. The summed E-state index contributed by atoms with van der Waals surface area (Å²) in [6.07, 6.45) is 0.676. The number of nitrogens with one attached hydrogen (secondary N) is 1. The molecule has 0 saturated carbocycles. The Hall–Kier alpha value is -3.59. The number of amides is 2. The van der Waals surface area contributed by atoms with E-state index in [4.69, 9.17) is 11.6 Å². The maximum atomic E-state index is 14.2. The molecule has 10 heteroatoms. The third kappa shape index (κ3) is 7.97. The van der Waals surface area contributed by atoms with E-state index in [1.54, 1.807) is 38.1 Å². The number of rotatable bonds is 11. The van der Waals surface area contributed by atoms with Crippen LogP contribution in [-0.4, -0.2) is 50.6 Å². The molecule has 1 N–H and O–H groups in total. The van der Waals surface area contributed by atoms with Gasteiger partial charge in [-0.25, -0.2) is 4.39 Å². The molecule has 0 aliphatic heterocycles. The molecule has 3 rings (SSSR count). The first-order valence-electron chi connectivity index (χ1n) is 13.2. The molecule has 8 nitrogen and oxygen atoms in total. The molecule has 1 heterocycles. The predicted molar refractivity (Wildman–Crippen MR) is 153 cm³/mol. The van der Waals surface area contributed by atoms with Crippen molar-refractivity contribution in [3.8, 4) is 0 Å². The molecule has 0 bridgehead atoms. The lowest BCUT2D eigenvalue weighted by Gasteiger charge is -2.26. The van der Waals surface area contributed by atoms with Gasteiger partial charge in [0.15, 0.2) is 5.78 Å². The van der Waals surface area contributed by atoms with Crippen molar-refractivity contribution in [1.82, 2.24) is 20.0 Å². The van der Waals surface area contributed by atoms with E-state index in [-0.39, 0.29) is 71.3 Å². The maximum Gasteiger partial charge on any atom is 0.245 e. The third-order valence-electron chi connectivity index (χ3n) is 6.33. The number of hydrogen-bond donors (Lipinski definition) is 1. The molecule has 1 aromatic heterocycles. The highest BCUT2D eigenvalue weighted by atomic mass is 35.5. The van der Waals surface area contributed by atoms with Crippen LogP contribution in [0.5, 0.6) is 0 Å². The van der Waals surface area contributed by atoms with E-state index < -0.39 is 11.7 Å². The predicted octanol–water partition coefficient (Wildman–Crippen LogP) is 5.13. The van der Waals surface area contributed by atoms with E-state index in [1.165, 1.54) is 28.6 Å². The van der Waals surface area contributed by atoms with Crippen molar-refractivity contribution in [2.45, 2.75) is 73.5 Å². The molecular formula is C30H36ClFN4O4. The van der Waals surface area contributed by atoms with Gasteiger partial charge in [-0.3, -0.25) is 23.9 Å². The highest BCUT2D eigenvalue weighted by Crippen LogP contribution is 2.24. The van der Waals surface area contributed by atoms with Crippen LogP contribution in [-0.2, 0) is 33.9 Å². The van der Waals surface area contributed by atoms with Crippen LogP contribution in [0.1, 0.15) is 69.6 Å². The summed E-state index contributed by atoms with van der Waals surface area (Å²) in [6, 6.07) is 9.57. The van der Waals surface area contributed by atoms with Crippen LogP contribution in [0.3, 0.4) is 0 Å². The first kappa shape index (κ1) is 30.9. The van der Waals surface area contributed by atoms with Crippen LogP contribution in [0.25, 0.3) is 10.9 Å². The molecular weight excluding hydrogens is 535 g/mol. The van der Waals surface area contributed by atoms with Gasteiger partial charge in [0.05, 0.1) is 17.1 Å². The molecule has 0 radical (unpaired) electrons. The number of Topliss-reactive ketones (excluding diaryl/α,β-unsaturated/α-hetero) is 2. The topological polar surface area (TPSA) is 101 Å². The highest BCUT2D eigenvalue weighted by Gasteiger charge is 2.24. The van der Waals surface area contributed by atoms with Gasteiger partial charge < -0.3 is 10.2 Å². The van der Waals surface area contributed by atoms with E-state index >= 15 is 0 Å². The molecule has 0 atom stereocenters. The summed E-state index contributed by atoms with van der Waals surface area (Å²) in [5.41, 5.74) is 1.68. The quantitative estimate of drug-likeness (QED) is 0.322. The Labute approximate surface area is 238 Å². The number of benzene rings is 2. The van der Waals surface area contributed by atoms with Crippen molar-refractivity contribution in [3.05, 3.63) is 64.1 Å². The van der Waals surface area contributed by atoms with Crippen LogP contribution in [0.2, 0.25) is 5.02 Å². The molecule has 0 aliphatic rings. The number of halogens is 2. The Kier molecular flexibility index (Phi) is 9.84. The Morgan fingerprint density at radius 2 is 1.82 bits per heavy atom. The second kappa shape index (κ2) is 12.7. The molecule has 0 saturated heterocycles. The van der Waals surface area contributed by atoms with E-state index in [0.29, 0.717) is 17.3 Å². The van der Waals surface area contributed by atoms with Crippen molar-refractivity contribution < 1.29 is 23.6 Å². The van der Waals surface area contributed by atoms with Crippen molar-refractivity contribution in [1.29, 1.82) is 0 Å². The molecule has 0 spiro atoms. The number of aromatic nitrogens is 2. The third-order valence-corrected chi connectivity index (χ3v) is 6.62. The minimum Gasteiger partial charge on any atom is -0.350 e. The number of nitrogens with zero attached hydrogens (tertiary/aromatic N) is 3. The van der Waals surface area contributed by atoms with Gasteiger partial charge in [0.25, 0.3) is 0 Å². The van der Waals surface area contributed by atoms with Gasteiger partial charge in [-0.05, 0) is 43.0 Å². The van der Waals surface area contributed by atoms with Crippen molar-refractivity contribution >= 4 is 45.9 Å². The smallest absolute Gasteiger partial charge is 0.245 e. The van der Waals surface area contributed by atoms with Gasteiger partial charge in [0, 0.05) is 43.3 Å². The van der Waals surface area contributed by atoms with Crippen LogP contribution in [0.15, 0.2) is 36.4 Å². The second-order valence-electron chi connectivity index (χ2n) is 11.5. The first-order chi connectivity index (χ1) is 18.7. The minimum atomic E-state index is -0.602. The fourth-order valence-electron chi connectivity index (χ4n) is 4.47. The Morgan fingerprint density at radius 3 is 2.45 bits per heavy atom. The number of carbonyl (C=O) groups is 4. The summed E-state index contributed by atoms with van der Waals surface area (Å²) in [4.78, 5) is 52.2. The molecule has 214 valence electrons. The molecule has 2 amide bonds. The van der Waals surface area contributed by atoms with Gasteiger partial charge in [0.1, 0.15) is 23.8 Å². The fourth-order valence-corrected chi connectivity index (χ4v) is 4.66. The zero-order valence-electron chi connectivity index (χ0n) is 23.8. The second-order valence-corrected chi connectivity index (χ2v) is 11.9. The normalized spacial score (nSPS) is 11.6. The van der Waals surface area contributed by atoms with Gasteiger partial charge in [-0.1, -0.05) is 50.6 Å². The average molecular weight is 571 g/mol. The number of ketones is 2. The average Bonchev–Trinajstić information content (AvgIpc) is 3.19. The van der Waals surface area contributed by atoms with Gasteiger partial charge in [0.2, 0.25) is 11.8 Å². The van der Waals surface area contributed by atoms with Crippen molar-refractivity contribution in [2.24, 2.45) is 5.41 Å². The number of fused-ring (bicyclic) bond motifs is 1. The van der Waals surface area contributed by atoms with E-state index in [0.717, 1.165) is 5.56 Å². The summed E-state index contributed by atoms with van der Waals surface area (Å²) in [5, 5.41) is 7.56. The summed E-state index contributed by atoms with van der Waals surface area (Å²) >= 11 is 5.81. The van der Waals surface area contributed by atoms with E-state index in [1.807, 2.05) is 20.8 Å². The lowest BCUT2D eigenvalue weighted by Crippen LogP contribution is -2.45. The molecule has 3 aromatic rings. The lowest BCUT2D eigenvalue weighted by atomic mass is 9.88. The summed E-state index contributed by atoms with van der Waals surface area (Å²) in [5.74, 6) is -1.59. The maximum absolute atomic E-state index is 14.2. The summed E-state index contributed by atoms with van der Waals surface area (Å²) < 4.78 is 15.6. The van der Waals surface area contributed by atoms with Crippen molar-refractivity contribution in [3.63, 3.8) is 0 Å². The summed E-state index contributed by atoms with van der Waals surface area (Å²) in [6.45, 7) is 10.5. The standard InChI is InChI=1S/C30H36ClFN4O4/c1-18(2)35(16-26(39)33-15-21-8-7-9-24(31)28(21)32)27(40)17-36-25-11-10-20(12-22(38)14-30(4,5)6)13-23(25)29(34-36)19(3)37/h7-11,13,18H,12,14-17H2,1-6H3,(H,33,39). The number of hydrogen-bond acceptors (Lipinski definition) is 5. The molecule has 0 aliphatic carbocycles. The largest absolute Gasteiger partial charge is 0.350 e. The van der Waals surface area contributed by atoms with Crippen LogP contribution >= 0.6 is 11.6 Å². The highest BCUT2D eigenvalue weighted by molar-refractivity contribution is 6.30. The van der Waals surface area contributed by atoms with Crippen LogP contribution < -0.4 is 5.32 Å². The Bertz CT molecular complexity index is 1440. The molecule has 2 aromatic carbocycles. The first-order valence-corrected chi connectivity index (χ1v) is 13.5. The molecule has 0 unspecified atom stereocenters. The van der Waals surface area contributed by atoms with E-state index in [2.05, 4.69) is 10.4 Å². The number of carbonyl (C=O) groups excluding carboxylic acids is 4. The minimum absolute atomic E-state index is 0.0364. The van der Waals surface area contributed by atoms with Gasteiger partial charge in [-0.2, -0.15) is 5.10 Å². The van der Waals surface area contributed by atoms with E-state index in [9.17, 15) is 23.6 Å². The Morgan fingerprint density at radius 1 is 1.12 bits per heavy atom. The van der Waals surface area contributed by atoms with Gasteiger partial charge in [-0.15, -0.1) is 0 Å². The molecule has 40 heavy (non-hydrogen) atoms. The monoisotopic (exact) mass is 570 g/mol. The zero-order valence-corrected chi connectivity index (χ0v) is 24.6. The lowest BCUT2D eigenvalue weighted by molar-refractivity contribution is -0.138. The van der Waals surface area contributed by atoms with Gasteiger partial charge >= 0.3 is 0 Å². The summed E-state index contributed by atoms with van der Waals surface area (Å²) in [7, 11) is 0. The zero-order chi connectivity index (χ0) is 29.8. The molecule has 0 fully saturated rings. The fraction of sp³-hybridized carbons (Fsp3) is 0.433. The van der Waals surface area contributed by atoms with Crippen molar-refractivity contribution in [2.75, 3.05) is 6.54 Å². The van der Waals surface area contributed by atoms with Crippen LogP contribution in [0, 0.1) is 11.2 Å².